The number of sulfonamides is 1. The zero-order valence-electron chi connectivity index (χ0n) is 12.1. The normalized spacial score (nSPS) is 11.9. The number of benzene rings is 2. The van der Waals surface area contributed by atoms with Crippen LogP contribution in [0.2, 0.25) is 0 Å². The van der Waals surface area contributed by atoms with E-state index in [1.807, 2.05) is 0 Å². The Morgan fingerprint density at radius 1 is 1.22 bits per heavy atom. The van der Waals surface area contributed by atoms with Crippen molar-refractivity contribution in [2.75, 3.05) is 0 Å². The van der Waals surface area contributed by atoms with Crippen molar-refractivity contribution in [3.8, 4) is 0 Å². The molecule has 0 spiro atoms. The van der Waals surface area contributed by atoms with Crippen LogP contribution in [0.1, 0.15) is 11.1 Å². The van der Waals surface area contributed by atoms with E-state index in [9.17, 15) is 17.6 Å². The van der Waals surface area contributed by atoms with Crippen molar-refractivity contribution in [3.63, 3.8) is 0 Å². The number of aromatic amines is 1. The molecule has 2 aromatic carbocycles. The van der Waals surface area contributed by atoms with E-state index in [2.05, 4.69) is 9.71 Å². The van der Waals surface area contributed by atoms with Gasteiger partial charge in [0.25, 0.3) is 0 Å². The Labute approximate surface area is 131 Å². The highest BCUT2D eigenvalue weighted by Gasteiger charge is 2.15. The van der Waals surface area contributed by atoms with Crippen LogP contribution in [-0.4, -0.2) is 13.4 Å². The fourth-order valence-corrected chi connectivity index (χ4v) is 3.26. The van der Waals surface area contributed by atoms with Gasteiger partial charge in [-0.05, 0) is 48.4 Å². The summed E-state index contributed by atoms with van der Waals surface area (Å²) in [6.45, 7) is 1.53. The Morgan fingerprint density at radius 2 is 2.00 bits per heavy atom. The van der Waals surface area contributed by atoms with Crippen LogP contribution in [0, 0.1) is 12.7 Å². The maximum Gasteiger partial charge on any atom is 0.417 e. The van der Waals surface area contributed by atoms with E-state index in [1.165, 1.54) is 19.1 Å². The molecule has 0 aliphatic carbocycles. The van der Waals surface area contributed by atoms with E-state index < -0.39 is 21.6 Å². The van der Waals surface area contributed by atoms with Crippen LogP contribution in [0.5, 0.6) is 0 Å². The fraction of sp³-hybridized carbons (Fsp3) is 0.133. The van der Waals surface area contributed by atoms with Gasteiger partial charge in [-0.15, -0.1) is 0 Å². The molecule has 3 rings (SSSR count). The van der Waals surface area contributed by atoms with Gasteiger partial charge < -0.3 is 4.42 Å². The molecule has 1 aromatic heterocycles. The molecule has 0 bridgehead atoms. The minimum Gasteiger partial charge on any atom is -0.408 e. The summed E-state index contributed by atoms with van der Waals surface area (Å²) >= 11 is 0. The quantitative estimate of drug-likeness (QED) is 0.763. The first-order valence-electron chi connectivity index (χ1n) is 6.73. The SMILES string of the molecule is Cc1cc(S(=O)(=O)NCc2ccc3oc(=O)[nH]c3c2)ccc1F. The third-order valence-electron chi connectivity index (χ3n) is 3.39. The van der Waals surface area contributed by atoms with E-state index in [1.54, 1.807) is 18.2 Å². The number of H-pyrrole nitrogens is 1. The van der Waals surface area contributed by atoms with Crippen LogP contribution >= 0.6 is 0 Å². The minimum absolute atomic E-state index is 0.00537. The van der Waals surface area contributed by atoms with Crippen molar-refractivity contribution >= 4 is 21.1 Å². The number of fused-ring (bicyclic) bond motifs is 1. The van der Waals surface area contributed by atoms with Crippen LogP contribution in [0.15, 0.2) is 50.5 Å². The molecule has 0 aliphatic heterocycles. The van der Waals surface area contributed by atoms with E-state index >= 15 is 0 Å². The minimum atomic E-state index is -3.76. The van der Waals surface area contributed by atoms with Crippen LogP contribution < -0.4 is 10.5 Å². The van der Waals surface area contributed by atoms with Gasteiger partial charge in [-0.3, -0.25) is 4.98 Å². The lowest BCUT2D eigenvalue weighted by molar-refractivity contribution is 0.555. The first-order chi connectivity index (χ1) is 10.8. The molecule has 0 saturated heterocycles. The number of halogens is 1. The summed E-state index contributed by atoms with van der Waals surface area (Å²) in [7, 11) is -3.76. The Morgan fingerprint density at radius 3 is 2.74 bits per heavy atom. The Hall–Kier alpha value is -2.45. The zero-order chi connectivity index (χ0) is 16.6. The van der Waals surface area contributed by atoms with Crippen LogP contribution in [-0.2, 0) is 16.6 Å². The summed E-state index contributed by atoms with van der Waals surface area (Å²) in [6, 6.07) is 8.46. The van der Waals surface area contributed by atoms with Gasteiger partial charge in [0.05, 0.1) is 10.4 Å². The van der Waals surface area contributed by atoms with Crippen molar-refractivity contribution in [1.29, 1.82) is 0 Å². The van der Waals surface area contributed by atoms with Gasteiger partial charge in [0.15, 0.2) is 5.58 Å². The first kappa shape index (κ1) is 15.4. The maximum absolute atomic E-state index is 13.2. The smallest absolute Gasteiger partial charge is 0.408 e. The standard InChI is InChI=1S/C15H13FN2O4S/c1-9-6-11(3-4-12(9)16)23(20,21)17-8-10-2-5-14-13(7-10)18-15(19)22-14/h2-7,17H,8H2,1H3,(H,18,19). The van der Waals surface area contributed by atoms with Gasteiger partial charge in [0.2, 0.25) is 10.0 Å². The molecule has 1 heterocycles. The molecule has 0 amide bonds. The number of aromatic nitrogens is 1. The highest BCUT2D eigenvalue weighted by Crippen LogP contribution is 2.16. The van der Waals surface area contributed by atoms with Crippen LogP contribution in [0.25, 0.3) is 11.1 Å². The molecule has 3 aromatic rings. The fourth-order valence-electron chi connectivity index (χ4n) is 2.16. The maximum atomic E-state index is 13.2. The Balaban J connectivity index is 1.82. The molecular weight excluding hydrogens is 323 g/mol. The molecule has 23 heavy (non-hydrogen) atoms. The summed E-state index contributed by atoms with van der Waals surface area (Å²) in [6.07, 6.45) is 0. The average molecular weight is 336 g/mol. The number of hydrogen-bond donors (Lipinski definition) is 2. The predicted octanol–water partition coefficient (Wildman–Crippen LogP) is 2.05. The number of hydrogen-bond acceptors (Lipinski definition) is 4. The van der Waals surface area contributed by atoms with Crippen LogP contribution in [0.3, 0.4) is 0 Å². The van der Waals surface area contributed by atoms with Gasteiger partial charge in [-0.2, -0.15) is 0 Å². The molecule has 0 fully saturated rings. The first-order valence-corrected chi connectivity index (χ1v) is 8.21. The third kappa shape index (κ3) is 3.17. The summed E-state index contributed by atoms with van der Waals surface area (Å²) in [5, 5.41) is 0. The molecule has 0 atom stereocenters. The van der Waals surface area contributed by atoms with E-state index in [0.717, 1.165) is 6.07 Å². The van der Waals surface area contributed by atoms with Gasteiger partial charge >= 0.3 is 5.76 Å². The average Bonchev–Trinajstić information content (AvgIpc) is 2.87. The molecule has 2 N–H and O–H groups in total. The summed E-state index contributed by atoms with van der Waals surface area (Å²) in [4.78, 5) is 13.6. The third-order valence-corrected chi connectivity index (χ3v) is 4.79. The van der Waals surface area contributed by atoms with Crippen molar-refractivity contribution in [3.05, 3.63) is 63.9 Å². The highest BCUT2D eigenvalue weighted by atomic mass is 32.2. The molecule has 120 valence electrons. The Bertz CT molecular complexity index is 1040. The molecule has 8 heteroatoms. The molecule has 0 radical (unpaired) electrons. The number of aryl methyl sites for hydroxylation is 1. The predicted molar refractivity (Wildman–Crippen MR) is 82.0 cm³/mol. The summed E-state index contributed by atoms with van der Waals surface area (Å²) in [5.41, 5.74) is 1.79. The lowest BCUT2D eigenvalue weighted by Gasteiger charge is -2.08. The van der Waals surface area contributed by atoms with E-state index in [4.69, 9.17) is 4.42 Å². The second-order valence-corrected chi connectivity index (χ2v) is 6.85. The monoisotopic (exact) mass is 336 g/mol. The van der Waals surface area contributed by atoms with E-state index in [-0.39, 0.29) is 17.0 Å². The van der Waals surface area contributed by atoms with Crippen molar-refractivity contribution in [2.24, 2.45) is 0 Å². The second kappa shape index (κ2) is 5.64. The van der Waals surface area contributed by atoms with E-state index in [0.29, 0.717) is 16.7 Å². The molecule has 0 unspecified atom stereocenters. The van der Waals surface area contributed by atoms with Gasteiger partial charge in [-0.1, -0.05) is 6.07 Å². The zero-order valence-corrected chi connectivity index (χ0v) is 12.9. The summed E-state index contributed by atoms with van der Waals surface area (Å²) in [5.74, 6) is -1.03. The van der Waals surface area contributed by atoms with Crippen molar-refractivity contribution in [2.45, 2.75) is 18.4 Å². The topological polar surface area (TPSA) is 92.2 Å². The van der Waals surface area contributed by atoms with Gasteiger partial charge in [-0.25, -0.2) is 22.3 Å². The number of oxazole rings is 1. The van der Waals surface area contributed by atoms with Gasteiger partial charge in [0, 0.05) is 6.54 Å². The van der Waals surface area contributed by atoms with Crippen molar-refractivity contribution in [1.82, 2.24) is 9.71 Å². The number of nitrogens with one attached hydrogen (secondary N) is 2. The molecule has 0 saturated carbocycles. The summed E-state index contributed by atoms with van der Waals surface area (Å²) < 4.78 is 45.0. The molecule has 6 nitrogen and oxygen atoms in total. The second-order valence-electron chi connectivity index (χ2n) is 5.08. The lowest BCUT2D eigenvalue weighted by Crippen LogP contribution is -2.23. The molecular formula is C15H13FN2O4S. The number of rotatable bonds is 4. The lowest BCUT2D eigenvalue weighted by atomic mass is 10.2. The van der Waals surface area contributed by atoms with Crippen molar-refractivity contribution < 1.29 is 17.2 Å². The van der Waals surface area contributed by atoms with Gasteiger partial charge in [0.1, 0.15) is 5.82 Å². The highest BCUT2D eigenvalue weighted by molar-refractivity contribution is 7.89. The Kier molecular flexibility index (Phi) is 3.78. The molecule has 0 aliphatic rings. The largest absolute Gasteiger partial charge is 0.417 e. The van der Waals surface area contributed by atoms with Crippen LogP contribution in [0.4, 0.5) is 4.39 Å².